The molecule has 1 N–H and O–H groups in total. The minimum atomic E-state index is -0.172. The van der Waals surface area contributed by atoms with Crippen molar-refractivity contribution in [1.29, 1.82) is 0 Å². The van der Waals surface area contributed by atoms with Crippen molar-refractivity contribution >= 4 is 17.5 Å². The molecule has 3 aromatic rings. The van der Waals surface area contributed by atoms with Crippen LogP contribution in [0.1, 0.15) is 40.2 Å². The molecule has 7 nitrogen and oxygen atoms in total. The molecule has 2 aliphatic rings. The van der Waals surface area contributed by atoms with Crippen molar-refractivity contribution in [1.82, 2.24) is 15.3 Å². The van der Waals surface area contributed by atoms with Gasteiger partial charge in [-0.05, 0) is 62.2 Å². The van der Waals surface area contributed by atoms with Crippen LogP contribution in [-0.4, -0.2) is 41.0 Å². The average Bonchev–Trinajstić information content (AvgIpc) is 3.44. The van der Waals surface area contributed by atoms with Crippen LogP contribution in [0.4, 0.5) is 5.69 Å². The number of anilines is 1. The number of rotatable bonds is 5. The van der Waals surface area contributed by atoms with Crippen molar-refractivity contribution in [3.63, 3.8) is 0 Å². The second-order valence-electron chi connectivity index (χ2n) is 8.62. The van der Waals surface area contributed by atoms with Gasteiger partial charge in [-0.15, -0.1) is 0 Å². The van der Waals surface area contributed by atoms with E-state index in [2.05, 4.69) is 21.4 Å². The smallest absolute Gasteiger partial charge is 0.251 e. The Morgan fingerprint density at radius 3 is 2.91 bits per heavy atom. The summed E-state index contributed by atoms with van der Waals surface area (Å²) in [5.41, 5.74) is 6.08. The maximum Gasteiger partial charge on any atom is 0.251 e. The molecule has 1 saturated heterocycles. The van der Waals surface area contributed by atoms with Crippen LogP contribution in [0.25, 0.3) is 11.3 Å². The number of aryl methyl sites for hydroxylation is 2. The number of ether oxygens (including phenoxy) is 1. The Morgan fingerprint density at radius 1 is 1.21 bits per heavy atom. The molecular weight excluding hydrogens is 416 g/mol. The lowest BCUT2D eigenvalue weighted by Gasteiger charge is -2.17. The zero-order valence-electron chi connectivity index (χ0n) is 18.8. The fourth-order valence-corrected chi connectivity index (χ4v) is 4.44. The SMILES string of the molecule is Cc1cnc(C)c(-c2ccc3c(c2)CC(CNC(=O)c2cccc(N4CCCC4=O)c2)O3)n1. The molecule has 2 amide bonds. The van der Waals surface area contributed by atoms with E-state index >= 15 is 0 Å². The van der Waals surface area contributed by atoms with E-state index in [0.29, 0.717) is 31.5 Å². The van der Waals surface area contributed by atoms with E-state index in [1.807, 2.05) is 38.1 Å². The summed E-state index contributed by atoms with van der Waals surface area (Å²) in [7, 11) is 0. The number of aromatic nitrogens is 2. The number of fused-ring (bicyclic) bond motifs is 1. The Balaban J connectivity index is 1.23. The van der Waals surface area contributed by atoms with Crippen molar-refractivity contribution in [2.24, 2.45) is 0 Å². The number of carbonyl (C=O) groups excluding carboxylic acids is 2. The molecule has 1 atom stereocenters. The largest absolute Gasteiger partial charge is 0.488 e. The van der Waals surface area contributed by atoms with Crippen LogP contribution in [0, 0.1) is 13.8 Å². The molecule has 3 heterocycles. The minimum Gasteiger partial charge on any atom is -0.488 e. The van der Waals surface area contributed by atoms with Crippen molar-refractivity contribution < 1.29 is 14.3 Å². The van der Waals surface area contributed by atoms with Crippen LogP contribution >= 0.6 is 0 Å². The summed E-state index contributed by atoms with van der Waals surface area (Å²) in [5, 5.41) is 2.98. The first-order valence-electron chi connectivity index (χ1n) is 11.3. The molecule has 0 aliphatic carbocycles. The summed E-state index contributed by atoms with van der Waals surface area (Å²) >= 11 is 0. The number of carbonyl (C=O) groups is 2. The molecule has 1 fully saturated rings. The van der Waals surface area contributed by atoms with Gasteiger partial charge in [-0.2, -0.15) is 0 Å². The number of amides is 2. The van der Waals surface area contributed by atoms with E-state index in [0.717, 1.165) is 46.1 Å². The van der Waals surface area contributed by atoms with E-state index in [4.69, 9.17) is 4.74 Å². The van der Waals surface area contributed by atoms with Crippen molar-refractivity contribution in [2.45, 2.75) is 39.2 Å². The van der Waals surface area contributed by atoms with Gasteiger partial charge in [0.15, 0.2) is 0 Å². The van der Waals surface area contributed by atoms with Crippen molar-refractivity contribution in [3.05, 3.63) is 71.2 Å². The third-order valence-corrected chi connectivity index (χ3v) is 6.13. The highest BCUT2D eigenvalue weighted by Gasteiger charge is 2.25. The molecule has 2 aromatic carbocycles. The van der Waals surface area contributed by atoms with E-state index in [-0.39, 0.29) is 17.9 Å². The zero-order chi connectivity index (χ0) is 22.9. The first-order valence-corrected chi connectivity index (χ1v) is 11.3. The van der Waals surface area contributed by atoms with Gasteiger partial charge in [0.1, 0.15) is 11.9 Å². The van der Waals surface area contributed by atoms with Crippen LogP contribution in [0.15, 0.2) is 48.7 Å². The molecule has 168 valence electrons. The monoisotopic (exact) mass is 442 g/mol. The van der Waals surface area contributed by atoms with E-state index in [1.165, 1.54) is 0 Å². The number of benzene rings is 2. The average molecular weight is 443 g/mol. The zero-order valence-corrected chi connectivity index (χ0v) is 18.8. The topological polar surface area (TPSA) is 84.4 Å². The lowest BCUT2D eigenvalue weighted by Crippen LogP contribution is -2.34. The molecule has 7 heteroatoms. The van der Waals surface area contributed by atoms with Gasteiger partial charge in [-0.3, -0.25) is 14.6 Å². The molecule has 1 aromatic heterocycles. The van der Waals surface area contributed by atoms with Gasteiger partial charge in [-0.25, -0.2) is 4.98 Å². The van der Waals surface area contributed by atoms with Crippen molar-refractivity contribution in [3.8, 4) is 17.0 Å². The van der Waals surface area contributed by atoms with Crippen LogP contribution in [-0.2, 0) is 11.2 Å². The molecule has 5 rings (SSSR count). The summed E-state index contributed by atoms with van der Waals surface area (Å²) in [5.74, 6) is 0.774. The maximum atomic E-state index is 12.7. The van der Waals surface area contributed by atoms with Crippen molar-refractivity contribution in [2.75, 3.05) is 18.0 Å². The summed E-state index contributed by atoms with van der Waals surface area (Å²) in [6.07, 6.45) is 3.77. The standard InChI is InChI=1S/C26H26N4O3/c1-16-14-27-17(2)25(29-16)18-8-9-23-20(11-18)13-22(33-23)15-28-26(32)19-5-3-6-21(12-19)30-10-4-7-24(30)31/h3,5-6,8-9,11-12,14,22H,4,7,10,13,15H2,1-2H3,(H,28,32). The van der Waals surface area contributed by atoms with E-state index in [1.54, 1.807) is 23.2 Å². The van der Waals surface area contributed by atoms with Gasteiger partial charge in [0.2, 0.25) is 5.91 Å². The molecule has 2 aliphatic heterocycles. The second-order valence-corrected chi connectivity index (χ2v) is 8.62. The second kappa shape index (κ2) is 8.65. The van der Waals surface area contributed by atoms with Gasteiger partial charge in [0.05, 0.1) is 23.6 Å². The number of nitrogens with one attached hydrogen (secondary N) is 1. The summed E-state index contributed by atoms with van der Waals surface area (Å²) in [6.45, 7) is 5.00. The number of hydrogen-bond acceptors (Lipinski definition) is 5. The van der Waals surface area contributed by atoms with Gasteiger partial charge < -0.3 is 15.0 Å². The van der Waals surface area contributed by atoms with E-state index in [9.17, 15) is 9.59 Å². The third kappa shape index (κ3) is 4.31. The first-order chi connectivity index (χ1) is 16.0. The highest BCUT2D eigenvalue weighted by Crippen LogP contribution is 2.33. The van der Waals surface area contributed by atoms with Gasteiger partial charge in [-0.1, -0.05) is 6.07 Å². The lowest BCUT2D eigenvalue weighted by atomic mass is 10.0. The lowest BCUT2D eigenvalue weighted by molar-refractivity contribution is -0.117. The first kappa shape index (κ1) is 21.1. The molecule has 33 heavy (non-hydrogen) atoms. The minimum absolute atomic E-state index is 0.107. The predicted octanol–water partition coefficient (Wildman–Crippen LogP) is 3.62. The molecule has 1 unspecified atom stereocenters. The Morgan fingerprint density at radius 2 is 2.09 bits per heavy atom. The van der Waals surface area contributed by atoms with Crippen LogP contribution < -0.4 is 15.0 Å². The Labute approximate surface area is 192 Å². The number of nitrogens with zero attached hydrogens (tertiary/aromatic N) is 3. The van der Waals surface area contributed by atoms with Gasteiger partial charge >= 0.3 is 0 Å². The van der Waals surface area contributed by atoms with Crippen LogP contribution in [0.5, 0.6) is 5.75 Å². The Hall–Kier alpha value is -3.74. The summed E-state index contributed by atoms with van der Waals surface area (Å²) in [4.78, 5) is 35.6. The molecule has 0 radical (unpaired) electrons. The van der Waals surface area contributed by atoms with Crippen LogP contribution in [0.3, 0.4) is 0 Å². The highest BCUT2D eigenvalue weighted by molar-refractivity contribution is 5.99. The Kier molecular flexibility index (Phi) is 5.54. The van der Waals surface area contributed by atoms with E-state index < -0.39 is 0 Å². The Bertz CT molecular complexity index is 1240. The normalized spacial score (nSPS) is 17.1. The summed E-state index contributed by atoms with van der Waals surface area (Å²) in [6, 6.07) is 13.3. The predicted molar refractivity (Wildman–Crippen MR) is 125 cm³/mol. The molecule has 0 saturated carbocycles. The quantitative estimate of drug-likeness (QED) is 0.652. The molecule has 0 bridgehead atoms. The number of hydrogen-bond donors (Lipinski definition) is 1. The third-order valence-electron chi connectivity index (χ3n) is 6.13. The van der Waals surface area contributed by atoms with Gasteiger partial charge in [0, 0.05) is 42.4 Å². The molecular formula is C26H26N4O3. The molecule has 0 spiro atoms. The van der Waals surface area contributed by atoms with Gasteiger partial charge in [0.25, 0.3) is 5.91 Å². The summed E-state index contributed by atoms with van der Waals surface area (Å²) < 4.78 is 6.05. The highest BCUT2D eigenvalue weighted by atomic mass is 16.5. The maximum absolute atomic E-state index is 12.7. The fourth-order valence-electron chi connectivity index (χ4n) is 4.44. The fraction of sp³-hybridized carbons (Fsp3) is 0.308. The van der Waals surface area contributed by atoms with Crippen LogP contribution in [0.2, 0.25) is 0 Å².